The van der Waals surface area contributed by atoms with Crippen LogP contribution in [0.25, 0.3) is 0 Å². The summed E-state index contributed by atoms with van der Waals surface area (Å²) in [6.07, 6.45) is 5.76. The fourth-order valence-electron chi connectivity index (χ4n) is 3.77. The average molecular weight is 355 g/mol. The first kappa shape index (κ1) is 18.6. The van der Waals surface area contributed by atoms with Gasteiger partial charge in [0.1, 0.15) is 0 Å². The molecule has 26 heavy (non-hydrogen) atoms. The number of hydrogen-bond donors (Lipinski definition) is 2. The molecular weight excluding hydrogens is 326 g/mol. The second kappa shape index (κ2) is 8.45. The maximum absolute atomic E-state index is 12.6. The SMILES string of the molecule is CCC(CC)(CNC(=O)c1cn(C2CCNCC2)nn1)c1ccccc1. The number of aromatic nitrogens is 3. The molecule has 0 aliphatic carbocycles. The van der Waals surface area contributed by atoms with Crippen molar-refractivity contribution in [2.75, 3.05) is 19.6 Å². The molecule has 0 spiro atoms. The van der Waals surface area contributed by atoms with Gasteiger partial charge in [-0.15, -0.1) is 5.10 Å². The van der Waals surface area contributed by atoms with Crippen LogP contribution in [0.5, 0.6) is 0 Å². The molecule has 1 aliphatic heterocycles. The number of amides is 1. The predicted octanol–water partition coefficient (Wildman–Crippen LogP) is 2.69. The minimum Gasteiger partial charge on any atom is -0.350 e. The Morgan fingerprint density at radius 2 is 1.92 bits per heavy atom. The lowest BCUT2D eigenvalue weighted by Crippen LogP contribution is -2.40. The minimum atomic E-state index is -0.146. The van der Waals surface area contributed by atoms with Gasteiger partial charge in [0.2, 0.25) is 0 Å². The van der Waals surface area contributed by atoms with E-state index in [1.807, 2.05) is 10.7 Å². The van der Waals surface area contributed by atoms with Gasteiger partial charge in [0.25, 0.3) is 5.91 Å². The van der Waals surface area contributed by atoms with Crippen molar-refractivity contribution in [3.63, 3.8) is 0 Å². The number of rotatable bonds is 7. The van der Waals surface area contributed by atoms with E-state index in [-0.39, 0.29) is 11.3 Å². The number of nitrogens with zero attached hydrogens (tertiary/aromatic N) is 3. The molecule has 2 N–H and O–H groups in total. The van der Waals surface area contributed by atoms with Crippen LogP contribution in [0.1, 0.15) is 61.6 Å². The van der Waals surface area contributed by atoms with Gasteiger partial charge in [-0.1, -0.05) is 49.4 Å². The topological polar surface area (TPSA) is 71.8 Å². The summed E-state index contributed by atoms with van der Waals surface area (Å²) in [6.45, 7) is 6.92. The minimum absolute atomic E-state index is 0.0536. The molecule has 1 aromatic heterocycles. The number of hydrogen-bond acceptors (Lipinski definition) is 4. The zero-order chi connectivity index (χ0) is 18.4. The third-order valence-corrected chi connectivity index (χ3v) is 5.75. The zero-order valence-electron chi connectivity index (χ0n) is 15.7. The molecule has 6 heteroatoms. The Bertz CT molecular complexity index is 702. The molecular formula is C20H29N5O. The summed E-state index contributed by atoms with van der Waals surface area (Å²) >= 11 is 0. The van der Waals surface area contributed by atoms with E-state index >= 15 is 0 Å². The van der Waals surface area contributed by atoms with Gasteiger partial charge < -0.3 is 10.6 Å². The van der Waals surface area contributed by atoms with Crippen LogP contribution in [-0.4, -0.2) is 40.5 Å². The van der Waals surface area contributed by atoms with E-state index in [4.69, 9.17) is 0 Å². The Kier molecular flexibility index (Phi) is 6.04. The molecule has 1 saturated heterocycles. The van der Waals surface area contributed by atoms with Crippen molar-refractivity contribution in [2.24, 2.45) is 0 Å². The van der Waals surface area contributed by atoms with E-state index in [1.165, 1.54) is 5.56 Å². The third kappa shape index (κ3) is 3.96. The molecule has 6 nitrogen and oxygen atoms in total. The van der Waals surface area contributed by atoms with Crippen LogP contribution in [-0.2, 0) is 5.41 Å². The number of carbonyl (C=O) groups is 1. The highest BCUT2D eigenvalue weighted by atomic mass is 16.2. The van der Waals surface area contributed by atoms with Crippen LogP contribution in [0.4, 0.5) is 0 Å². The number of piperidine rings is 1. The maximum Gasteiger partial charge on any atom is 0.273 e. The highest BCUT2D eigenvalue weighted by Gasteiger charge is 2.29. The molecule has 0 bridgehead atoms. The lowest BCUT2D eigenvalue weighted by molar-refractivity contribution is 0.0936. The van der Waals surface area contributed by atoms with E-state index in [0.29, 0.717) is 18.3 Å². The van der Waals surface area contributed by atoms with Crippen molar-refractivity contribution in [1.82, 2.24) is 25.6 Å². The quantitative estimate of drug-likeness (QED) is 0.801. The second-order valence-corrected chi connectivity index (χ2v) is 7.10. The molecule has 0 unspecified atom stereocenters. The molecule has 2 aromatic rings. The van der Waals surface area contributed by atoms with Crippen LogP contribution in [0, 0.1) is 0 Å². The molecule has 0 atom stereocenters. The summed E-state index contributed by atoms with van der Waals surface area (Å²) in [4.78, 5) is 12.6. The van der Waals surface area contributed by atoms with Crippen LogP contribution in [0.15, 0.2) is 36.5 Å². The highest BCUT2D eigenvalue weighted by Crippen LogP contribution is 2.31. The normalized spacial score (nSPS) is 15.8. The van der Waals surface area contributed by atoms with Gasteiger partial charge in [-0.05, 0) is 44.3 Å². The number of nitrogens with one attached hydrogen (secondary N) is 2. The van der Waals surface area contributed by atoms with E-state index in [0.717, 1.165) is 38.8 Å². The van der Waals surface area contributed by atoms with Crippen molar-refractivity contribution in [1.29, 1.82) is 0 Å². The molecule has 3 rings (SSSR count). The van der Waals surface area contributed by atoms with Crippen LogP contribution >= 0.6 is 0 Å². The third-order valence-electron chi connectivity index (χ3n) is 5.75. The predicted molar refractivity (Wildman–Crippen MR) is 102 cm³/mol. The van der Waals surface area contributed by atoms with Crippen LogP contribution < -0.4 is 10.6 Å². The largest absolute Gasteiger partial charge is 0.350 e. The van der Waals surface area contributed by atoms with Crippen molar-refractivity contribution in [3.8, 4) is 0 Å². The van der Waals surface area contributed by atoms with Gasteiger partial charge in [0, 0.05) is 12.0 Å². The lowest BCUT2D eigenvalue weighted by Gasteiger charge is -2.32. The van der Waals surface area contributed by atoms with E-state index < -0.39 is 0 Å². The Hall–Kier alpha value is -2.21. The smallest absolute Gasteiger partial charge is 0.273 e. The summed E-state index contributed by atoms with van der Waals surface area (Å²) < 4.78 is 1.85. The standard InChI is InChI=1S/C20H29N5O/c1-3-20(4-2,16-8-6-5-7-9-16)15-22-19(26)18-14-25(24-23-18)17-10-12-21-13-11-17/h5-9,14,17,21H,3-4,10-13,15H2,1-2H3,(H,22,26). The first-order chi connectivity index (χ1) is 12.7. The van der Waals surface area contributed by atoms with E-state index in [1.54, 1.807) is 6.20 Å². The average Bonchev–Trinajstić information content (AvgIpc) is 3.21. The van der Waals surface area contributed by atoms with Gasteiger partial charge >= 0.3 is 0 Å². The van der Waals surface area contributed by atoms with Crippen molar-refractivity contribution >= 4 is 5.91 Å². The van der Waals surface area contributed by atoms with Crippen molar-refractivity contribution in [3.05, 3.63) is 47.8 Å². The Balaban J connectivity index is 1.66. The number of benzene rings is 1. The lowest BCUT2D eigenvalue weighted by atomic mass is 9.76. The molecule has 0 saturated carbocycles. The monoisotopic (exact) mass is 355 g/mol. The summed E-state index contributed by atoms with van der Waals surface area (Å²) in [5, 5.41) is 14.7. The molecule has 1 aromatic carbocycles. The van der Waals surface area contributed by atoms with Gasteiger partial charge in [-0.3, -0.25) is 4.79 Å². The summed E-state index contributed by atoms with van der Waals surface area (Å²) in [5.41, 5.74) is 1.61. The van der Waals surface area contributed by atoms with Crippen molar-refractivity contribution < 1.29 is 4.79 Å². The molecule has 0 radical (unpaired) electrons. The first-order valence-electron chi connectivity index (χ1n) is 9.65. The number of carbonyl (C=O) groups excluding carboxylic acids is 1. The molecule has 1 amide bonds. The summed E-state index contributed by atoms with van der Waals surface area (Å²) in [7, 11) is 0. The van der Waals surface area contributed by atoms with Crippen molar-refractivity contribution in [2.45, 2.75) is 51.0 Å². The fraction of sp³-hybridized carbons (Fsp3) is 0.550. The van der Waals surface area contributed by atoms with Gasteiger partial charge in [-0.2, -0.15) is 0 Å². The fourth-order valence-corrected chi connectivity index (χ4v) is 3.77. The Morgan fingerprint density at radius 3 is 2.58 bits per heavy atom. The second-order valence-electron chi connectivity index (χ2n) is 7.10. The van der Waals surface area contributed by atoms with Gasteiger partial charge in [0.05, 0.1) is 12.2 Å². The van der Waals surface area contributed by atoms with Crippen LogP contribution in [0.2, 0.25) is 0 Å². The first-order valence-corrected chi connectivity index (χ1v) is 9.65. The molecule has 1 aliphatic rings. The highest BCUT2D eigenvalue weighted by molar-refractivity contribution is 5.91. The summed E-state index contributed by atoms with van der Waals surface area (Å²) in [6, 6.07) is 10.8. The molecule has 140 valence electrons. The Labute approximate surface area is 155 Å². The molecule has 2 heterocycles. The van der Waals surface area contributed by atoms with E-state index in [2.05, 4.69) is 59.1 Å². The maximum atomic E-state index is 12.6. The zero-order valence-corrected chi connectivity index (χ0v) is 15.7. The van der Waals surface area contributed by atoms with Gasteiger partial charge in [-0.25, -0.2) is 4.68 Å². The molecule has 1 fully saturated rings. The summed E-state index contributed by atoms with van der Waals surface area (Å²) in [5.74, 6) is -0.146. The Morgan fingerprint density at radius 1 is 1.23 bits per heavy atom. The van der Waals surface area contributed by atoms with Crippen LogP contribution in [0.3, 0.4) is 0 Å². The van der Waals surface area contributed by atoms with Gasteiger partial charge in [0.15, 0.2) is 5.69 Å². The van der Waals surface area contributed by atoms with E-state index in [9.17, 15) is 4.79 Å².